The minimum absolute atomic E-state index is 0.226. The monoisotopic (exact) mass is 260 g/mol. The van der Waals surface area contributed by atoms with Gasteiger partial charge in [-0.05, 0) is 25.0 Å². The van der Waals surface area contributed by atoms with Gasteiger partial charge in [-0.2, -0.15) is 0 Å². The largest absolute Gasteiger partial charge is 0.299 e. The normalized spacial score (nSPS) is 31.4. The van der Waals surface area contributed by atoms with Crippen LogP contribution >= 0.6 is 0 Å². The highest BCUT2D eigenvalue weighted by Crippen LogP contribution is 2.28. The Morgan fingerprint density at radius 3 is 2.47 bits per heavy atom. The summed E-state index contributed by atoms with van der Waals surface area (Å²) in [5.41, 5.74) is 7.05. The lowest BCUT2D eigenvalue weighted by Gasteiger charge is -2.50. The molecule has 3 fully saturated rings. The van der Waals surface area contributed by atoms with Crippen LogP contribution in [0.3, 0.4) is 0 Å². The van der Waals surface area contributed by atoms with Gasteiger partial charge in [-0.3, -0.25) is 21.1 Å². The van der Waals surface area contributed by atoms with Crippen LogP contribution < -0.4 is 11.3 Å². The molecule has 104 valence electrons. The molecule has 0 spiro atoms. The summed E-state index contributed by atoms with van der Waals surface area (Å²) in [6, 6.07) is 7.38. The fourth-order valence-corrected chi connectivity index (χ4v) is 3.56. The van der Waals surface area contributed by atoms with Gasteiger partial charge in [-0.25, -0.2) is 0 Å². The Hall–Kier alpha value is -0.940. The highest BCUT2D eigenvalue weighted by molar-refractivity contribution is 5.34. The number of benzene rings is 1. The third kappa shape index (κ3) is 2.41. The van der Waals surface area contributed by atoms with Crippen molar-refractivity contribution in [2.45, 2.75) is 25.9 Å². The number of aryl methyl sites for hydroxylation is 2. The summed E-state index contributed by atoms with van der Waals surface area (Å²) in [6.07, 6.45) is 0. The van der Waals surface area contributed by atoms with Gasteiger partial charge in [0.2, 0.25) is 0 Å². The standard InChI is InChI=1S/C15H24N4/c1-11-3-4-13(12(2)9-11)15(17-16)14-10-18-5-7-19(14)8-6-18/h3-4,9,14-15,17H,5-8,10,16H2,1-2H3. The molecule has 2 bridgehead atoms. The highest BCUT2D eigenvalue weighted by Gasteiger charge is 2.37. The number of fused-ring (bicyclic) bond motifs is 3. The summed E-state index contributed by atoms with van der Waals surface area (Å²) >= 11 is 0. The maximum Gasteiger partial charge on any atom is 0.0630 e. The van der Waals surface area contributed by atoms with Gasteiger partial charge in [0, 0.05) is 38.8 Å². The molecule has 3 saturated heterocycles. The van der Waals surface area contributed by atoms with E-state index in [4.69, 9.17) is 5.84 Å². The molecule has 19 heavy (non-hydrogen) atoms. The number of rotatable bonds is 3. The summed E-state index contributed by atoms with van der Waals surface area (Å²) in [4.78, 5) is 5.14. The third-order valence-corrected chi connectivity index (χ3v) is 4.65. The van der Waals surface area contributed by atoms with Crippen molar-refractivity contribution in [1.82, 2.24) is 15.2 Å². The molecule has 1 aromatic carbocycles. The van der Waals surface area contributed by atoms with Crippen LogP contribution in [0, 0.1) is 13.8 Å². The molecule has 3 aliphatic rings. The third-order valence-electron chi connectivity index (χ3n) is 4.65. The highest BCUT2D eigenvalue weighted by atomic mass is 15.4. The molecule has 3 N–H and O–H groups in total. The maximum absolute atomic E-state index is 5.88. The van der Waals surface area contributed by atoms with E-state index < -0.39 is 0 Å². The molecule has 2 unspecified atom stereocenters. The molecule has 4 rings (SSSR count). The molecule has 2 atom stereocenters. The van der Waals surface area contributed by atoms with E-state index in [1.807, 2.05) is 0 Å². The minimum atomic E-state index is 0.226. The Bertz CT molecular complexity index is 451. The summed E-state index contributed by atoms with van der Waals surface area (Å²) < 4.78 is 0. The summed E-state index contributed by atoms with van der Waals surface area (Å²) in [5.74, 6) is 5.88. The molecule has 4 nitrogen and oxygen atoms in total. The van der Waals surface area contributed by atoms with Crippen LogP contribution in [0.1, 0.15) is 22.7 Å². The van der Waals surface area contributed by atoms with Gasteiger partial charge in [0.05, 0.1) is 6.04 Å². The van der Waals surface area contributed by atoms with Gasteiger partial charge in [0.1, 0.15) is 0 Å². The van der Waals surface area contributed by atoms with Crippen molar-refractivity contribution in [3.8, 4) is 0 Å². The van der Waals surface area contributed by atoms with E-state index in [1.54, 1.807) is 0 Å². The van der Waals surface area contributed by atoms with E-state index in [9.17, 15) is 0 Å². The summed E-state index contributed by atoms with van der Waals surface area (Å²) in [5, 5.41) is 0. The Morgan fingerprint density at radius 1 is 1.21 bits per heavy atom. The zero-order valence-corrected chi connectivity index (χ0v) is 11.9. The predicted octanol–water partition coefficient (Wildman–Crippen LogP) is 0.808. The molecule has 0 saturated carbocycles. The van der Waals surface area contributed by atoms with Crippen LogP contribution in [-0.4, -0.2) is 48.6 Å². The fourth-order valence-electron chi connectivity index (χ4n) is 3.56. The minimum Gasteiger partial charge on any atom is -0.299 e. The van der Waals surface area contributed by atoms with E-state index >= 15 is 0 Å². The lowest BCUT2D eigenvalue weighted by Crippen LogP contribution is -2.64. The second kappa shape index (κ2) is 5.21. The molecule has 3 aliphatic heterocycles. The van der Waals surface area contributed by atoms with Crippen molar-refractivity contribution in [1.29, 1.82) is 0 Å². The van der Waals surface area contributed by atoms with Crippen molar-refractivity contribution in [3.63, 3.8) is 0 Å². The van der Waals surface area contributed by atoms with Gasteiger partial charge in [-0.1, -0.05) is 23.8 Å². The van der Waals surface area contributed by atoms with Crippen LogP contribution in [0.15, 0.2) is 18.2 Å². The number of nitrogens with one attached hydrogen (secondary N) is 1. The molecule has 0 radical (unpaired) electrons. The SMILES string of the molecule is Cc1ccc(C(NN)C2CN3CCN2CC3)c(C)c1. The van der Waals surface area contributed by atoms with Gasteiger partial charge in [-0.15, -0.1) is 0 Å². The van der Waals surface area contributed by atoms with Gasteiger partial charge in [0.15, 0.2) is 0 Å². The van der Waals surface area contributed by atoms with Crippen LogP contribution in [0.5, 0.6) is 0 Å². The molecule has 0 amide bonds. The second-order valence-corrected chi connectivity index (χ2v) is 5.91. The zero-order valence-electron chi connectivity index (χ0n) is 11.9. The van der Waals surface area contributed by atoms with Gasteiger partial charge >= 0.3 is 0 Å². The fraction of sp³-hybridized carbons (Fsp3) is 0.600. The Kier molecular flexibility index (Phi) is 3.58. The van der Waals surface area contributed by atoms with Crippen LogP contribution in [0.2, 0.25) is 0 Å². The smallest absolute Gasteiger partial charge is 0.0630 e. The van der Waals surface area contributed by atoms with Gasteiger partial charge in [0.25, 0.3) is 0 Å². The Labute approximate surface area is 115 Å². The van der Waals surface area contributed by atoms with Crippen LogP contribution in [0.25, 0.3) is 0 Å². The van der Waals surface area contributed by atoms with Crippen LogP contribution in [-0.2, 0) is 0 Å². The first-order valence-corrected chi connectivity index (χ1v) is 7.18. The van der Waals surface area contributed by atoms with Crippen molar-refractivity contribution >= 4 is 0 Å². The molecular formula is C15H24N4. The van der Waals surface area contributed by atoms with E-state index in [-0.39, 0.29) is 6.04 Å². The van der Waals surface area contributed by atoms with E-state index in [0.717, 1.165) is 6.54 Å². The van der Waals surface area contributed by atoms with E-state index in [0.29, 0.717) is 6.04 Å². The topological polar surface area (TPSA) is 44.5 Å². The zero-order chi connectivity index (χ0) is 13.4. The van der Waals surface area contributed by atoms with Crippen molar-refractivity contribution in [3.05, 3.63) is 34.9 Å². The quantitative estimate of drug-likeness (QED) is 0.623. The number of nitrogens with two attached hydrogens (primary N) is 1. The molecule has 0 aromatic heterocycles. The maximum atomic E-state index is 5.88. The van der Waals surface area contributed by atoms with Crippen LogP contribution in [0.4, 0.5) is 0 Å². The van der Waals surface area contributed by atoms with Gasteiger partial charge < -0.3 is 0 Å². The number of hydrazine groups is 1. The van der Waals surface area contributed by atoms with E-state index in [2.05, 4.69) is 47.3 Å². The number of hydrogen-bond acceptors (Lipinski definition) is 4. The lowest BCUT2D eigenvalue weighted by atomic mass is 9.91. The molecule has 0 aliphatic carbocycles. The molecular weight excluding hydrogens is 236 g/mol. The Balaban J connectivity index is 1.88. The van der Waals surface area contributed by atoms with Crippen molar-refractivity contribution in [2.75, 3.05) is 32.7 Å². The summed E-state index contributed by atoms with van der Waals surface area (Å²) in [6.45, 7) is 10.2. The number of hydrogen-bond donors (Lipinski definition) is 2. The summed E-state index contributed by atoms with van der Waals surface area (Å²) in [7, 11) is 0. The molecule has 3 heterocycles. The molecule has 4 heteroatoms. The second-order valence-electron chi connectivity index (χ2n) is 5.91. The van der Waals surface area contributed by atoms with Crippen molar-refractivity contribution in [2.24, 2.45) is 5.84 Å². The number of piperazine rings is 3. The first-order valence-electron chi connectivity index (χ1n) is 7.18. The molecule has 1 aromatic rings. The predicted molar refractivity (Wildman–Crippen MR) is 77.8 cm³/mol. The average molecular weight is 260 g/mol. The average Bonchev–Trinajstić information content (AvgIpc) is 2.43. The first-order chi connectivity index (χ1) is 9.19. The number of nitrogens with zero attached hydrogens (tertiary/aromatic N) is 2. The van der Waals surface area contributed by atoms with E-state index in [1.165, 1.54) is 42.9 Å². The lowest BCUT2D eigenvalue weighted by molar-refractivity contribution is -0.00378. The Morgan fingerprint density at radius 2 is 1.95 bits per heavy atom. The first kappa shape index (κ1) is 13.1. The van der Waals surface area contributed by atoms with Crippen molar-refractivity contribution < 1.29 is 0 Å².